The van der Waals surface area contributed by atoms with Crippen molar-refractivity contribution in [2.24, 2.45) is 5.92 Å². The van der Waals surface area contributed by atoms with Crippen molar-refractivity contribution in [1.29, 1.82) is 0 Å². The first-order valence-electron chi connectivity index (χ1n) is 13.9. The van der Waals surface area contributed by atoms with Gasteiger partial charge in [-0.15, -0.1) is 0 Å². The Bertz CT molecular complexity index is 1260. The smallest absolute Gasteiger partial charge is 0.264 e. The van der Waals surface area contributed by atoms with Gasteiger partial charge in [-0.25, -0.2) is 0 Å². The second-order valence-corrected chi connectivity index (χ2v) is 10.8. The number of hydrogen-bond donors (Lipinski definition) is 2. The first kappa shape index (κ1) is 27.1. The van der Waals surface area contributed by atoms with Crippen molar-refractivity contribution in [2.45, 2.75) is 63.6 Å². The van der Waals surface area contributed by atoms with E-state index in [1.807, 2.05) is 47.4 Å². The number of rotatable bonds is 8. The Morgan fingerprint density at radius 2 is 1.85 bits per heavy atom. The quantitative estimate of drug-likeness (QED) is 0.508. The van der Waals surface area contributed by atoms with Gasteiger partial charge < -0.3 is 24.9 Å². The first-order chi connectivity index (χ1) is 18.8. The van der Waals surface area contributed by atoms with E-state index < -0.39 is 17.4 Å². The minimum atomic E-state index is -1.75. The van der Waals surface area contributed by atoms with Gasteiger partial charge in [0.2, 0.25) is 11.8 Å². The van der Waals surface area contributed by atoms with Gasteiger partial charge in [0.1, 0.15) is 0 Å². The van der Waals surface area contributed by atoms with E-state index in [2.05, 4.69) is 0 Å². The molecule has 0 spiro atoms. The Balaban J connectivity index is 1.30. The van der Waals surface area contributed by atoms with Crippen molar-refractivity contribution in [3.63, 3.8) is 0 Å². The Hall–Kier alpha value is -3.49. The van der Waals surface area contributed by atoms with E-state index in [1.165, 1.54) is 0 Å². The third-order valence-electron chi connectivity index (χ3n) is 8.37. The summed E-state index contributed by atoms with van der Waals surface area (Å²) in [5.41, 5.74) is 1.22. The molecule has 5 rings (SSSR count). The van der Waals surface area contributed by atoms with Crippen LogP contribution in [0.5, 0.6) is 0 Å². The largest absolute Gasteiger partial charge is 0.394 e. The second kappa shape index (κ2) is 11.3. The fourth-order valence-corrected chi connectivity index (χ4v) is 6.08. The topological polar surface area (TPSA) is 101 Å². The van der Waals surface area contributed by atoms with Crippen molar-refractivity contribution < 1.29 is 24.6 Å². The molecule has 3 aliphatic heterocycles. The summed E-state index contributed by atoms with van der Waals surface area (Å²) in [6.45, 7) is 3.41. The number of aliphatic hydroxyl groups is 2. The maximum atomic E-state index is 13.8. The molecule has 3 aliphatic rings. The number of likely N-dealkylation sites (tertiary alicyclic amines) is 1. The average Bonchev–Trinajstić information content (AvgIpc) is 3.52. The number of aliphatic hydroxyl groups excluding tert-OH is 1. The predicted octanol–water partition coefficient (Wildman–Crippen LogP) is 3.50. The lowest BCUT2D eigenvalue weighted by Gasteiger charge is -2.28. The van der Waals surface area contributed by atoms with E-state index in [9.17, 15) is 24.6 Å². The molecule has 3 atom stereocenters. The van der Waals surface area contributed by atoms with Gasteiger partial charge in [0, 0.05) is 43.1 Å². The Labute approximate surface area is 229 Å². The van der Waals surface area contributed by atoms with Crippen LogP contribution in [-0.4, -0.2) is 58.6 Å². The van der Waals surface area contributed by atoms with Gasteiger partial charge in [-0.2, -0.15) is 0 Å². The molecule has 2 N–H and O–H groups in total. The zero-order chi connectivity index (χ0) is 27.6. The van der Waals surface area contributed by atoms with Crippen molar-refractivity contribution in [3.05, 3.63) is 71.8 Å². The number of anilines is 2. The maximum Gasteiger partial charge on any atom is 0.264 e. The fraction of sp³-hybridized carbons (Fsp3) is 0.452. The summed E-state index contributed by atoms with van der Waals surface area (Å²) < 4.78 is 0. The lowest BCUT2D eigenvalue weighted by Crippen LogP contribution is -2.44. The molecule has 2 saturated heterocycles. The van der Waals surface area contributed by atoms with E-state index in [1.54, 1.807) is 34.9 Å². The molecular formula is C31H37N3O5. The summed E-state index contributed by atoms with van der Waals surface area (Å²) in [5, 5.41) is 21.3. The molecular weight excluding hydrogens is 494 g/mol. The number of benzene rings is 2. The minimum Gasteiger partial charge on any atom is -0.394 e. The van der Waals surface area contributed by atoms with Crippen LogP contribution in [-0.2, 0) is 26.5 Å². The number of para-hydroxylation sites is 1. The third-order valence-corrected chi connectivity index (χ3v) is 8.37. The predicted molar refractivity (Wildman–Crippen MR) is 149 cm³/mol. The molecule has 2 aromatic rings. The number of piperidine rings is 1. The van der Waals surface area contributed by atoms with Crippen LogP contribution in [0, 0.1) is 5.92 Å². The summed E-state index contributed by atoms with van der Waals surface area (Å²) in [5.74, 6) is -0.887. The molecule has 8 heteroatoms. The average molecular weight is 532 g/mol. The minimum absolute atomic E-state index is 0.0359. The molecule has 2 fully saturated rings. The van der Waals surface area contributed by atoms with Crippen molar-refractivity contribution in [1.82, 2.24) is 4.90 Å². The molecule has 8 nitrogen and oxygen atoms in total. The zero-order valence-corrected chi connectivity index (χ0v) is 22.5. The molecule has 0 saturated carbocycles. The standard InChI is InChI=1S/C31H37N3O5/c1-22(8-6-13-29(37)33-19-7-9-25(33)21-35)31(39)26-10-2-3-11-27(26)34(30(31)38)20-23-14-16-24(17-15-23)32-18-5-4-12-28(32)36/h2-3,6,8,10-11,14-17,22,25,35,39H,4-5,7,9,12-13,18-21H2,1H3/b8-6+/t22-,25-,31+/m0/s1. The summed E-state index contributed by atoms with van der Waals surface area (Å²) in [6, 6.07) is 14.9. The summed E-state index contributed by atoms with van der Waals surface area (Å²) >= 11 is 0. The van der Waals surface area contributed by atoms with Gasteiger partial charge in [0.25, 0.3) is 5.91 Å². The van der Waals surface area contributed by atoms with Gasteiger partial charge in [-0.3, -0.25) is 14.4 Å². The molecule has 206 valence electrons. The lowest BCUT2D eigenvalue weighted by atomic mass is 9.83. The molecule has 0 aromatic heterocycles. The number of carbonyl (C=O) groups is 3. The van der Waals surface area contributed by atoms with Gasteiger partial charge in [-0.05, 0) is 49.4 Å². The molecule has 0 radical (unpaired) electrons. The molecule has 0 bridgehead atoms. The lowest BCUT2D eigenvalue weighted by molar-refractivity contribution is -0.139. The van der Waals surface area contributed by atoms with E-state index >= 15 is 0 Å². The SMILES string of the molecule is C[C@@H](/C=C/CC(=O)N1CCC[C@H]1CO)[C@]1(O)C(=O)N(Cc2ccc(N3CCCCC3=O)cc2)c2ccccc21. The van der Waals surface area contributed by atoms with Crippen LogP contribution in [0.2, 0.25) is 0 Å². The maximum absolute atomic E-state index is 13.8. The molecule has 3 heterocycles. The molecule has 39 heavy (non-hydrogen) atoms. The zero-order valence-electron chi connectivity index (χ0n) is 22.5. The van der Waals surface area contributed by atoms with Crippen LogP contribution in [0.25, 0.3) is 0 Å². The van der Waals surface area contributed by atoms with E-state index in [0.717, 1.165) is 43.5 Å². The number of nitrogens with zero attached hydrogens (tertiary/aromatic N) is 3. The Morgan fingerprint density at radius 3 is 2.59 bits per heavy atom. The van der Waals surface area contributed by atoms with Crippen LogP contribution in [0.1, 0.15) is 56.6 Å². The van der Waals surface area contributed by atoms with Crippen molar-refractivity contribution >= 4 is 29.1 Å². The first-order valence-corrected chi connectivity index (χ1v) is 13.9. The highest BCUT2D eigenvalue weighted by molar-refractivity contribution is 6.07. The molecule has 0 unspecified atom stereocenters. The van der Waals surface area contributed by atoms with E-state index in [-0.39, 0.29) is 30.9 Å². The Morgan fingerprint density at radius 1 is 1.08 bits per heavy atom. The van der Waals surface area contributed by atoms with Crippen LogP contribution >= 0.6 is 0 Å². The van der Waals surface area contributed by atoms with Crippen LogP contribution < -0.4 is 9.80 Å². The van der Waals surface area contributed by atoms with Crippen molar-refractivity contribution in [3.8, 4) is 0 Å². The van der Waals surface area contributed by atoms with Crippen molar-refractivity contribution in [2.75, 3.05) is 29.5 Å². The second-order valence-electron chi connectivity index (χ2n) is 10.8. The fourth-order valence-electron chi connectivity index (χ4n) is 6.08. The number of hydrogen-bond acceptors (Lipinski definition) is 5. The Kier molecular flexibility index (Phi) is 7.86. The van der Waals surface area contributed by atoms with E-state index in [0.29, 0.717) is 30.8 Å². The summed E-state index contributed by atoms with van der Waals surface area (Å²) in [4.78, 5) is 43.9. The monoisotopic (exact) mass is 531 g/mol. The normalized spacial score (nSPS) is 24.1. The number of amides is 3. The summed E-state index contributed by atoms with van der Waals surface area (Å²) in [7, 11) is 0. The molecule has 3 amide bonds. The van der Waals surface area contributed by atoms with Crippen LogP contribution in [0.15, 0.2) is 60.7 Å². The molecule has 0 aliphatic carbocycles. The highest BCUT2D eigenvalue weighted by Gasteiger charge is 2.52. The highest BCUT2D eigenvalue weighted by Crippen LogP contribution is 2.45. The van der Waals surface area contributed by atoms with Gasteiger partial charge in [0.05, 0.1) is 24.9 Å². The highest BCUT2D eigenvalue weighted by atomic mass is 16.3. The molecule has 2 aromatic carbocycles. The van der Waals surface area contributed by atoms with E-state index in [4.69, 9.17) is 0 Å². The van der Waals surface area contributed by atoms with Gasteiger partial charge in [0.15, 0.2) is 5.60 Å². The van der Waals surface area contributed by atoms with Crippen LogP contribution in [0.3, 0.4) is 0 Å². The third kappa shape index (κ3) is 5.11. The number of carbonyl (C=O) groups excluding carboxylic acids is 3. The van der Waals surface area contributed by atoms with Crippen LogP contribution in [0.4, 0.5) is 11.4 Å². The van der Waals surface area contributed by atoms with Gasteiger partial charge >= 0.3 is 0 Å². The summed E-state index contributed by atoms with van der Waals surface area (Å²) in [6.07, 6.45) is 7.80. The van der Waals surface area contributed by atoms with Gasteiger partial charge in [-0.1, -0.05) is 49.4 Å². The number of fused-ring (bicyclic) bond motifs is 1.